The van der Waals surface area contributed by atoms with Crippen molar-refractivity contribution >= 4 is 18.5 Å². The van der Waals surface area contributed by atoms with E-state index in [0.29, 0.717) is 19.1 Å². The zero-order valence-electron chi connectivity index (χ0n) is 11.9. The van der Waals surface area contributed by atoms with Crippen LogP contribution >= 0.6 is 6.72 Å². The maximum absolute atomic E-state index is 5.68. The van der Waals surface area contributed by atoms with Crippen LogP contribution in [0.25, 0.3) is 0 Å². The molecule has 0 N–H and O–H groups in total. The molecule has 0 saturated heterocycles. The Balaban J connectivity index is 2.92. The van der Waals surface area contributed by atoms with Crippen molar-refractivity contribution in [3.8, 4) is 5.88 Å². The molecule has 0 amide bonds. The minimum atomic E-state index is -2.76. The van der Waals surface area contributed by atoms with Gasteiger partial charge in [0.1, 0.15) is 5.82 Å². The Morgan fingerprint density at radius 2 is 1.79 bits per heavy atom. The predicted molar refractivity (Wildman–Crippen MR) is 78.9 cm³/mol. The lowest BCUT2D eigenvalue weighted by Crippen LogP contribution is -2.05. The second-order valence-corrected chi connectivity index (χ2v) is 6.82. The third-order valence-electron chi connectivity index (χ3n) is 2.13. The van der Waals surface area contributed by atoms with Crippen LogP contribution in [0.3, 0.4) is 0 Å². The van der Waals surface area contributed by atoms with Crippen LogP contribution in [0.4, 0.5) is 0 Å². The number of nitrogens with zero attached hydrogens (tertiary/aromatic N) is 2. The summed E-state index contributed by atoms with van der Waals surface area (Å²) in [4.78, 5) is 8.69. The average Bonchev–Trinajstić information content (AvgIpc) is 2.28. The van der Waals surface area contributed by atoms with E-state index in [-0.39, 0.29) is 0 Å². The lowest BCUT2D eigenvalue weighted by Gasteiger charge is -2.20. The van der Waals surface area contributed by atoms with Gasteiger partial charge in [-0.05, 0) is 27.2 Å². The third kappa shape index (κ3) is 5.53. The largest absolute Gasteiger partial charge is 0.406 e. The lowest BCUT2D eigenvalue weighted by atomic mass is 10.3. The summed E-state index contributed by atoms with van der Waals surface area (Å²) < 4.78 is 16.6. The van der Waals surface area contributed by atoms with Gasteiger partial charge in [0, 0.05) is 30.0 Å². The molecule has 0 bridgehead atoms. The second kappa shape index (κ2) is 7.90. The quantitative estimate of drug-likeness (QED) is 0.686. The van der Waals surface area contributed by atoms with E-state index in [4.69, 9.17) is 25.4 Å². The van der Waals surface area contributed by atoms with Crippen molar-refractivity contribution in [3.05, 3.63) is 17.6 Å². The van der Waals surface area contributed by atoms with Crippen LogP contribution in [0.5, 0.6) is 5.88 Å². The van der Waals surface area contributed by atoms with E-state index in [0.717, 1.165) is 24.4 Å². The van der Waals surface area contributed by atoms with Gasteiger partial charge in [-0.3, -0.25) is 9.05 Å². The Bertz CT molecular complexity index is 447. The van der Waals surface area contributed by atoms with Gasteiger partial charge in [-0.2, -0.15) is 4.98 Å². The monoisotopic (exact) mass is 304 g/mol. The highest BCUT2D eigenvalue weighted by Crippen LogP contribution is 2.49. The van der Waals surface area contributed by atoms with Gasteiger partial charge in [0.2, 0.25) is 5.88 Å². The average molecular weight is 304 g/mol. The summed E-state index contributed by atoms with van der Waals surface area (Å²) in [7, 11) is 0. The van der Waals surface area contributed by atoms with Crippen LogP contribution < -0.4 is 4.52 Å². The molecule has 108 valence electrons. The van der Waals surface area contributed by atoms with Crippen molar-refractivity contribution in [2.45, 2.75) is 40.5 Å². The van der Waals surface area contributed by atoms with Crippen LogP contribution in [0.2, 0.25) is 0 Å². The molecule has 0 aliphatic heterocycles. The lowest BCUT2D eigenvalue weighted by molar-refractivity contribution is 0.215. The molecule has 0 fully saturated rings. The smallest absolute Gasteiger partial charge is 0.381 e. The molecule has 0 radical (unpaired) electrons. The van der Waals surface area contributed by atoms with Gasteiger partial charge >= 0.3 is 6.72 Å². The van der Waals surface area contributed by atoms with E-state index in [2.05, 4.69) is 16.9 Å². The van der Waals surface area contributed by atoms with Crippen LogP contribution in [0.1, 0.15) is 38.7 Å². The molecule has 0 saturated carbocycles. The van der Waals surface area contributed by atoms with Crippen LogP contribution in [0.15, 0.2) is 6.07 Å². The molecule has 7 heteroatoms. The van der Waals surface area contributed by atoms with Crippen molar-refractivity contribution in [1.29, 1.82) is 0 Å². The van der Waals surface area contributed by atoms with E-state index < -0.39 is 6.72 Å². The highest BCUT2D eigenvalue weighted by molar-refractivity contribution is 8.07. The van der Waals surface area contributed by atoms with Gasteiger partial charge in [0.25, 0.3) is 0 Å². The molecule has 1 heterocycles. The van der Waals surface area contributed by atoms with Gasteiger partial charge in [-0.15, -0.1) is 0 Å². The normalized spacial score (nSPS) is 11.6. The SMILES string of the molecule is CCCc1nc(C)cc(OP(=S)(OCC)OCC)n1. The van der Waals surface area contributed by atoms with Gasteiger partial charge in [0.05, 0.1) is 13.2 Å². The first-order chi connectivity index (χ1) is 9.03. The first-order valence-electron chi connectivity index (χ1n) is 6.46. The van der Waals surface area contributed by atoms with Crippen molar-refractivity contribution < 1.29 is 13.6 Å². The van der Waals surface area contributed by atoms with Crippen LogP contribution in [-0.4, -0.2) is 23.2 Å². The molecule has 0 atom stereocenters. The first-order valence-corrected chi connectivity index (χ1v) is 9.01. The standard InChI is InChI=1S/C12H21N2O3PS/c1-5-8-11-13-10(4)9-12(14-11)17-18(19,15-6-2)16-7-3/h9H,5-8H2,1-4H3. The molecule has 1 rings (SSSR count). The van der Waals surface area contributed by atoms with Gasteiger partial charge in [-0.25, -0.2) is 4.98 Å². The van der Waals surface area contributed by atoms with Gasteiger partial charge in [-0.1, -0.05) is 6.92 Å². The zero-order chi connectivity index (χ0) is 14.3. The third-order valence-corrected chi connectivity index (χ3v) is 4.55. The molecule has 1 aromatic rings. The Kier molecular flexibility index (Phi) is 6.86. The highest BCUT2D eigenvalue weighted by Gasteiger charge is 2.22. The molecule has 19 heavy (non-hydrogen) atoms. The summed E-state index contributed by atoms with van der Waals surface area (Å²) in [5, 5.41) is 0. The first kappa shape index (κ1) is 16.5. The molecular formula is C12H21N2O3PS. The number of rotatable bonds is 8. The molecule has 1 aromatic heterocycles. The van der Waals surface area contributed by atoms with Gasteiger partial charge in [0.15, 0.2) is 0 Å². The fourth-order valence-electron chi connectivity index (χ4n) is 1.50. The number of aryl methyl sites for hydroxylation is 2. The van der Waals surface area contributed by atoms with Crippen molar-refractivity contribution in [2.24, 2.45) is 0 Å². The fraction of sp³-hybridized carbons (Fsp3) is 0.667. The van der Waals surface area contributed by atoms with Crippen LogP contribution in [0, 0.1) is 6.92 Å². The van der Waals surface area contributed by atoms with E-state index in [1.165, 1.54) is 0 Å². The summed E-state index contributed by atoms with van der Waals surface area (Å²) in [6.45, 7) is 5.84. The number of hydrogen-bond donors (Lipinski definition) is 0. The minimum absolute atomic E-state index is 0.432. The van der Waals surface area contributed by atoms with Crippen molar-refractivity contribution in [1.82, 2.24) is 9.97 Å². The molecule has 0 aromatic carbocycles. The maximum Gasteiger partial charge on any atom is 0.381 e. The Hall–Kier alpha value is -0.550. The Labute approximate surface area is 120 Å². The highest BCUT2D eigenvalue weighted by atomic mass is 32.5. The molecule has 5 nitrogen and oxygen atoms in total. The maximum atomic E-state index is 5.68. The van der Waals surface area contributed by atoms with E-state index in [1.54, 1.807) is 6.07 Å². The Morgan fingerprint density at radius 1 is 1.16 bits per heavy atom. The predicted octanol–water partition coefficient (Wildman–Crippen LogP) is 3.41. The van der Waals surface area contributed by atoms with Crippen molar-refractivity contribution in [3.63, 3.8) is 0 Å². The topological polar surface area (TPSA) is 53.5 Å². The summed E-state index contributed by atoms with van der Waals surface area (Å²) in [5.41, 5.74) is 0.850. The van der Waals surface area contributed by atoms with Gasteiger partial charge < -0.3 is 4.52 Å². The number of aromatic nitrogens is 2. The number of hydrogen-bond acceptors (Lipinski definition) is 6. The molecule has 0 aliphatic carbocycles. The van der Waals surface area contributed by atoms with E-state index in [1.807, 2.05) is 20.8 Å². The molecule has 0 spiro atoms. The second-order valence-electron chi connectivity index (χ2n) is 3.89. The summed E-state index contributed by atoms with van der Waals surface area (Å²) >= 11 is 5.32. The zero-order valence-corrected chi connectivity index (χ0v) is 13.6. The Morgan fingerprint density at radius 3 is 2.32 bits per heavy atom. The summed E-state index contributed by atoms with van der Waals surface area (Å²) in [6, 6.07) is 1.75. The molecule has 0 aliphatic rings. The molecular weight excluding hydrogens is 283 g/mol. The van der Waals surface area contributed by atoms with E-state index >= 15 is 0 Å². The minimum Gasteiger partial charge on any atom is -0.406 e. The fourth-order valence-corrected chi connectivity index (χ4v) is 3.50. The summed E-state index contributed by atoms with van der Waals surface area (Å²) in [6.07, 6.45) is 1.79. The summed E-state index contributed by atoms with van der Waals surface area (Å²) in [5.74, 6) is 1.19. The van der Waals surface area contributed by atoms with Crippen molar-refractivity contribution in [2.75, 3.05) is 13.2 Å². The van der Waals surface area contributed by atoms with Crippen LogP contribution in [-0.2, 0) is 27.3 Å². The molecule has 0 unspecified atom stereocenters. The van der Waals surface area contributed by atoms with E-state index in [9.17, 15) is 0 Å².